The Bertz CT molecular complexity index is 714. The summed E-state index contributed by atoms with van der Waals surface area (Å²) in [6.45, 7) is 1.37. The zero-order chi connectivity index (χ0) is 17.9. The Hall–Kier alpha value is -1.44. The van der Waals surface area contributed by atoms with Crippen molar-refractivity contribution in [3.05, 3.63) is 29.8 Å². The van der Waals surface area contributed by atoms with E-state index < -0.39 is 10.0 Å². The van der Waals surface area contributed by atoms with Gasteiger partial charge in [0, 0.05) is 31.6 Å². The van der Waals surface area contributed by atoms with Gasteiger partial charge in [0.2, 0.25) is 15.9 Å². The van der Waals surface area contributed by atoms with Crippen LogP contribution in [0.3, 0.4) is 0 Å². The van der Waals surface area contributed by atoms with E-state index in [4.69, 9.17) is 5.73 Å². The van der Waals surface area contributed by atoms with Crippen LogP contribution in [-0.2, 0) is 21.4 Å². The van der Waals surface area contributed by atoms with Gasteiger partial charge in [-0.15, -0.1) is 0 Å². The number of nitrogens with zero attached hydrogens (tertiary/aromatic N) is 1. The second-order valence-corrected chi connectivity index (χ2v) is 8.97. The van der Waals surface area contributed by atoms with E-state index in [1.807, 2.05) is 6.07 Å². The Morgan fingerprint density at radius 3 is 2.56 bits per heavy atom. The van der Waals surface area contributed by atoms with E-state index in [0.29, 0.717) is 30.0 Å². The Morgan fingerprint density at radius 2 is 1.88 bits per heavy atom. The molecule has 0 radical (unpaired) electrons. The zero-order valence-corrected chi connectivity index (χ0v) is 15.3. The second-order valence-electron chi connectivity index (χ2n) is 7.06. The summed E-state index contributed by atoms with van der Waals surface area (Å²) in [6, 6.07) is 7.05. The molecule has 1 saturated carbocycles. The number of benzene rings is 1. The fourth-order valence-corrected chi connectivity index (χ4v) is 5.47. The molecule has 1 amide bonds. The number of nitrogens with one attached hydrogen (secondary N) is 1. The first-order chi connectivity index (χ1) is 12.0. The first-order valence-electron chi connectivity index (χ1n) is 9.10. The summed E-state index contributed by atoms with van der Waals surface area (Å²) in [7, 11) is -3.51. The molecule has 1 aromatic rings. The van der Waals surface area contributed by atoms with Crippen LogP contribution in [0, 0.1) is 5.92 Å². The van der Waals surface area contributed by atoms with Crippen molar-refractivity contribution in [1.82, 2.24) is 9.62 Å². The minimum atomic E-state index is -3.51. The lowest BCUT2D eigenvalue weighted by Gasteiger charge is -2.27. The smallest absolute Gasteiger partial charge is 0.243 e. The lowest BCUT2D eigenvalue weighted by molar-refractivity contribution is -0.125. The van der Waals surface area contributed by atoms with Gasteiger partial charge in [0.15, 0.2) is 0 Å². The summed E-state index contributed by atoms with van der Waals surface area (Å²) in [4.78, 5) is 12.6. The molecular weight excluding hydrogens is 338 g/mol. The highest BCUT2D eigenvalue weighted by Crippen LogP contribution is 2.26. The number of amides is 1. The molecule has 3 N–H and O–H groups in total. The predicted octanol–water partition coefficient (Wildman–Crippen LogP) is 1.60. The highest BCUT2D eigenvalue weighted by molar-refractivity contribution is 7.89. The lowest BCUT2D eigenvalue weighted by Crippen LogP contribution is -2.36. The normalized spacial score (nSPS) is 25.0. The zero-order valence-electron chi connectivity index (χ0n) is 14.5. The molecule has 0 spiro atoms. The van der Waals surface area contributed by atoms with E-state index >= 15 is 0 Å². The van der Waals surface area contributed by atoms with Crippen LogP contribution >= 0.6 is 0 Å². The molecular formula is C18H27N3O3S. The average Bonchev–Trinajstić information content (AvgIpc) is 3.07. The van der Waals surface area contributed by atoms with Crippen LogP contribution in [0.5, 0.6) is 0 Å². The molecule has 1 aliphatic carbocycles. The van der Waals surface area contributed by atoms with Crippen LogP contribution in [0.1, 0.15) is 44.1 Å². The third-order valence-electron chi connectivity index (χ3n) is 5.20. The van der Waals surface area contributed by atoms with Crippen molar-refractivity contribution in [2.75, 3.05) is 13.1 Å². The number of hydrogen-bond acceptors (Lipinski definition) is 4. The molecule has 6 nitrogen and oxygen atoms in total. The molecule has 3 rings (SSSR count). The van der Waals surface area contributed by atoms with Crippen LogP contribution in [0.4, 0.5) is 0 Å². The van der Waals surface area contributed by atoms with Crippen LogP contribution < -0.4 is 11.1 Å². The first-order valence-corrected chi connectivity index (χ1v) is 10.5. The summed E-state index contributed by atoms with van der Waals surface area (Å²) in [5.74, 6) is -0.0843. The van der Waals surface area contributed by atoms with E-state index in [1.54, 1.807) is 22.5 Å². The van der Waals surface area contributed by atoms with E-state index in [9.17, 15) is 13.2 Å². The molecule has 2 fully saturated rings. The number of nitrogens with two attached hydrogens (primary N) is 1. The maximum absolute atomic E-state index is 12.9. The highest BCUT2D eigenvalue weighted by Gasteiger charge is 2.30. The van der Waals surface area contributed by atoms with Crippen molar-refractivity contribution in [2.24, 2.45) is 11.7 Å². The van der Waals surface area contributed by atoms with Crippen LogP contribution in [-0.4, -0.2) is 37.8 Å². The van der Waals surface area contributed by atoms with Crippen LogP contribution in [0.25, 0.3) is 0 Å². The highest BCUT2D eigenvalue weighted by atomic mass is 32.2. The number of rotatable bonds is 5. The molecule has 0 aromatic heterocycles. The summed E-state index contributed by atoms with van der Waals surface area (Å²) < 4.78 is 27.5. The Kier molecular flexibility index (Phi) is 5.76. The quantitative estimate of drug-likeness (QED) is 0.829. The van der Waals surface area contributed by atoms with Gasteiger partial charge in [-0.05, 0) is 43.7 Å². The van der Waals surface area contributed by atoms with Crippen LogP contribution in [0.15, 0.2) is 29.2 Å². The SMILES string of the molecule is NC1CCC(C(=O)NCc2ccccc2S(=O)(=O)N2CCCCC2)C1. The molecule has 1 aliphatic heterocycles. The summed E-state index contributed by atoms with van der Waals surface area (Å²) >= 11 is 0. The number of carbonyl (C=O) groups is 1. The fourth-order valence-electron chi connectivity index (χ4n) is 3.73. The van der Waals surface area contributed by atoms with Gasteiger partial charge < -0.3 is 11.1 Å². The van der Waals surface area contributed by atoms with E-state index in [1.165, 1.54) is 0 Å². The maximum atomic E-state index is 12.9. The third kappa shape index (κ3) is 4.22. The van der Waals surface area contributed by atoms with Gasteiger partial charge in [0.25, 0.3) is 0 Å². The molecule has 25 heavy (non-hydrogen) atoms. The van der Waals surface area contributed by atoms with Gasteiger partial charge in [-0.25, -0.2) is 8.42 Å². The van der Waals surface area contributed by atoms with E-state index in [0.717, 1.165) is 32.1 Å². The number of piperidine rings is 1. The number of carbonyl (C=O) groups excluding carboxylic acids is 1. The van der Waals surface area contributed by atoms with Gasteiger partial charge in [0.1, 0.15) is 0 Å². The van der Waals surface area contributed by atoms with Gasteiger partial charge >= 0.3 is 0 Å². The summed E-state index contributed by atoms with van der Waals surface area (Å²) in [5.41, 5.74) is 6.51. The average molecular weight is 365 g/mol. The first kappa shape index (κ1) is 18.4. The largest absolute Gasteiger partial charge is 0.352 e. The molecule has 138 valence electrons. The van der Waals surface area contributed by atoms with Crippen molar-refractivity contribution in [2.45, 2.75) is 56.0 Å². The molecule has 7 heteroatoms. The minimum absolute atomic E-state index is 0.0295. The monoisotopic (exact) mass is 365 g/mol. The fraction of sp³-hybridized carbons (Fsp3) is 0.611. The molecule has 1 saturated heterocycles. The minimum Gasteiger partial charge on any atom is -0.352 e. The van der Waals surface area contributed by atoms with E-state index in [-0.39, 0.29) is 24.4 Å². The van der Waals surface area contributed by atoms with Gasteiger partial charge in [-0.2, -0.15) is 4.31 Å². The topological polar surface area (TPSA) is 92.5 Å². The molecule has 0 bridgehead atoms. The van der Waals surface area contributed by atoms with Crippen molar-refractivity contribution in [3.63, 3.8) is 0 Å². The molecule has 2 unspecified atom stereocenters. The Balaban J connectivity index is 1.71. The summed E-state index contributed by atoms with van der Waals surface area (Å²) in [6.07, 6.45) is 5.27. The third-order valence-corrected chi connectivity index (χ3v) is 7.20. The van der Waals surface area contributed by atoms with Gasteiger partial charge in [-0.1, -0.05) is 24.6 Å². The number of sulfonamides is 1. The van der Waals surface area contributed by atoms with Crippen LogP contribution in [0.2, 0.25) is 0 Å². The lowest BCUT2D eigenvalue weighted by atomic mass is 10.1. The number of hydrogen-bond donors (Lipinski definition) is 2. The molecule has 2 aliphatic rings. The van der Waals surface area contributed by atoms with Crippen molar-refractivity contribution >= 4 is 15.9 Å². The summed E-state index contributed by atoms with van der Waals surface area (Å²) in [5, 5.41) is 2.90. The Morgan fingerprint density at radius 1 is 1.16 bits per heavy atom. The maximum Gasteiger partial charge on any atom is 0.243 e. The predicted molar refractivity (Wildman–Crippen MR) is 96.2 cm³/mol. The molecule has 1 aromatic carbocycles. The van der Waals surface area contributed by atoms with Crippen molar-refractivity contribution < 1.29 is 13.2 Å². The van der Waals surface area contributed by atoms with Gasteiger partial charge in [0.05, 0.1) is 4.90 Å². The van der Waals surface area contributed by atoms with E-state index in [2.05, 4.69) is 5.32 Å². The van der Waals surface area contributed by atoms with Gasteiger partial charge in [-0.3, -0.25) is 4.79 Å². The van der Waals surface area contributed by atoms with Crippen molar-refractivity contribution in [1.29, 1.82) is 0 Å². The second kappa shape index (κ2) is 7.85. The molecule has 2 atom stereocenters. The molecule has 1 heterocycles. The van der Waals surface area contributed by atoms with Crippen molar-refractivity contribution in [3.8, 4) is 0 Å². The Labute approximate surface area is 149 Å². The standard InChI is InChI=1S/C18H27N3O3S/c19-16-9-8-14(12-16)18(22)20-13-15-6-2-3-7-17(15)25(23,24)21-10-4-1-5-11-21/h2-3,6-7,14,16H,1,4-5,8-13,19H2,(H,20,22).